The molecule has 3 aromatic rings. The number of ether oxygens (including phenoxy) is 1. The number of hydrogen-bond donors (Lipinski definition) is 0. The van der Waals surface area contributed by atoms with E-state index in [4.69, 9.17) is 4.74 Å². The van der Waals surface area contributed by atoms with Gasteiger partial charge in [0.05, 0.1) is 11.6 Å². The van der Waals surface area contributed by atoms with Crippen molar-refractivity contribution in [1.82, 2.24) is 4.98 Å². The van der Waals surface area contributed by atoms with Crippen LogP contribution in [0, 0.1) is 6.92 Å². The van der Waals surface area contributed by atoms with Crippen molar-refractivity contribution in [2.75, 3.05) is 0 Å². The maximum absolute atomic E-state index is 12.3. The molecule has 1 aromatic heterocycles. The normalized spacial score (nSPS) is 11.0. The third-order valence-corrected chi connectivity index (χ3v) is 3.60. The van der Waals surface area contributed by atoms with Gasteiger partial charge in [0.1, 0.15) is 5.69 Å². The van der Waals surface area contributed by atoms with Gasteiger partial charge in [-0.1, -0.05) is 42.0 Å². The lowest BCUT2D eigenvalue weighted by molar-refractivity contribution is 0.0371. The van der Waals surface area contributed by atoms with Crippen LogP contribution in [0.25, 0.3) is 22.0 Å². The summed E-state index contributed by atoms with van der Waals surface area (Å²) in [5.41, 5.74) is 4.36. The summed E-state index contributed by atoms with van der Waals surface area (Å²) in [5, 5.41) is 1.04. The van der Waals surface area contributed by atoms with Gasteiger partial charge in [0, 0.05) is 5.39 Å². The first-order chi connectivity index (χ1) is 11.0. The highest BCUT2D eigenvalue weighted by atomic mass is 16.5. The number of pyridine rings is 1. The van der Waals surface area contributed by atoms with Crippen LogP contribution in [0.1, 0.15) is 29.9 Å². The monoisotopic (exact) mass is 305 g/mol. The van der Waals surface area contributed by atoms with Crippen LogP contribution in [0.5, 0.6) is 0 Å². The van der Waals surface area contributed by atoms with E-state index in [1.165, 1.54) is 0 Å². The van der Waals surface area contributed by atoms with Crippen LogP contribution in [-0.2, 0) is 4.74 Å². The van der Waals surface area contributed by atoms with E-state index in [2.05, 4.69) is 18.0 Å². The van der Waals surface area contributed by atoms with E-state index >= 15 is 0 Å². The molecule has 0 spiro atoms. The molecule has 0 fully saturated rings. The number of hydrogen-bond acceptors (Lipinski definition) is 3. The maximum Gasteiger partial charge on any atom is 0.357 e. The average molecular weight is 305 g/mol. The SMILES string of the molecule is Cc1ccc2nc(C(=O)OC(C)C)cc(-c3ccccc3)c2c1. The van der Waals surface area contributed by atoms with Gasteiger partial charge in [0.2, 0.25) is 0 Å². The Bertz CT molecular complexity index is 854. The standard InChI is InChI=1S/C20H19NO2/c1-13(2)23-20(22)19-12-16(15-7-5-4-6-8-15)17-11-14(3)9-10-18(17)21-19/h4-13H,1-3H3. The lowest BCUT2D eigenvalue weighted by Crippen LogP contribution is -2.13. The Hall–Kier alpha value is -2.68. The van der Waals surface area contributed by atoms with E-state index < -0.39 is 0 Å². The van der Waals surface area contributed by atoms with Crippen molar-refractivity contribution in [1.29, 1.82) is 0 Å². The predicted octanol–water partition coefficient (Wildman–Crippen LogP) is 4.78. The van der Waals surface area contributed by atoms with E-state index in [9.17, 15) is 4.79 Å². The number of rotatable bonds is 3. The van der Waals surface area contributed by atoms with Gasteiger partial charge < -0.3 is 4.74 Å². The zero-order chi connectivity index (χ0) is 16.4. The smallest absolute Gasteiger partial charge is 0.357 e. The van der Waals surface area contributed by atoms with Gasteiger partial charge in [0.15, 0.2) is 0 Å². The molecule has 0 aliphatic rings. The van der Waals surface area contributed by atoms with Gasteiger partial charge in [-0.25, -0.2) is 9.78 Å². The number of aromatic nitrogens is 1. The fourth-order valence-corrected chi connectivity index (χ4v) is 2.58. The molecule has 0 aliphatic heterocycles. The third-order valence-electron chi connectivity index (χ3n) is 3.60. The molecule has 0 aliphatic carbocycles. The van der Waals surface area contributed by atoms with E-state index in [0.717, 1.165) is 27.6 Å². The minimum atomic E-state index is -0.389. The van der Waals surface area contributed by atoms with Crippen LogP contribution in [0.4, 0.5) is 0 Å². The highest BCUT2D eigenvalue weighted by Crippen LogP contribution is 2.29. The summed E-state index contributed by atoms with van der Waals surface area (Å²) in [4.78, 5) is 16.7. The van der Waals surface area contributed by atoms with Crippen molar-refractivity contribution in [2.24, 2.45) is 0 Å². The molecule has 3 heteroatoms. The molecule has 0 saturated carbocycles. The minimum Gasteiger partial charge on any atom is -0.458 e. The second-order valence-electron chi connectivity index (χ2n) is 5.90. The molecule has 3 nitrogen and oxygen atoms in total. The van der Waals surface area contributed by atoms with Gasteiger partial charge in [-0.3, -0.25) is 0 Å². The Morgan fingerprint density at radius 2 is 1.78 bits per heavy atom. The molecular formula is C20H19NO2. The topological polar surface area (TPSA) is 39.2 Å². The molecule has 0 amide bonds. The van der Waals surface area contributed by atoms with Crippen LogP contribution >= 0.6 is 0 Å². The summed E-state index contributed by atoms with van der Waals surface area (Å²) >= 11 is 0. The Balaban J connectivity index is 2.22. The Kier molecular flexibility index (Phi) is 4.11. The molecule has 3 rings (SSSR count). The molecule has 0 atom stereocenters. The van der Waals surface area contributed by atoms with Crippen LogP contribution in [0.15, 0.2) is 54.6 Å². The summed E-state index contributed by atoms with van der Waals surface area (Å²) in [6.45, 7) is 5.72. The van der Waals surface area contributed by atoms with E-state index in [0.29, 0.717) is 5.69 Å². The lowest BCUT2D eigenvalue weighted by atomic mass is 9.99. The number of carbonyl (C=O) groups excluding carboxylic acids is 1. The van der Waals surface area contributed by atoms with Crippen LogP contribution < -0.4 is 0 Å². The van der Waals surface area contributed by atoms with Crippen molar-refractivity contribution in [3.05, 3.63) is 65.9 Å². The first-order valence-corrected chi connectivity index (χ1v) is 7.72. The minimum absolute atomic E-state index is 0.168. The van der Waals surface area contributed by atoms with Gasteiger partial charge in [-0.15, -0.1) is 0 Å². The molecule has 116 valence electrons. The van der Waals surface area contributed by atoms with Crippen molar-refractivity contribution in [3.63, 3.8) is 0 Å². The second-order valence-corrected chi connectivity index (χ2v) is 5.90. The Morgan fingerprint density at radius 1 is 1.04 bits per heavy atom. The van der Waals surface area contributed by atoms with E-state index in [1.54, 1.807) is 0 Å². The maximum atomic E-state index is 12.3. The summed E-state index contributed by atoms with van der Waals surface area (Å²) < 4.78 is 5.30. The molecule has 0 N–H and O–H groups in total. The van der Waals surface area contributed by atoms with Crippen molar-refractivity contribution >= 4 is 16.9 Å². The van der Waals surface area contributed by atoms with Gasteiger partial charge >= 0.3 is 5.97 Å². The molecule has 2 aromatic carbocycles. The number of nitrogens with zero attached hydrogens (tertiary/aromatic N) is 1. The van der Waals surface area contributed by atoms with Crippen molar-refractivity contribution in [2.45, 2.75) is 26.9 Å². The van der Waals surface area contributed by atoms with Gasteiger partial charge in [0.25, 0.3) is 0 Å². The number of esters is 1. The first-order valence-electron chi connectivity index (χ1n) is 7.72. The van der Waals surface area contributed by atoms with Gasteiger partial charge in [-0.05, 0) is 50.1 Å². The molecule has 1 heterocycles. The highest BCUT2D eigenvalue weighted by Gasteiger charge is 2.15. The molecule has 0 saturated heterocycles. The van der Waals surface area contributed by atoms with Crippen LogP contribution in [0.3, 0.4) is 0 Å². The van der Waals surface area contributed by atoms with E-state index in [1.807, 2.05) is 62.4 Å². The summed E-state index contributed by atoms with van der Waals surface area (Å²) in [7, 11) is 0. The summed E-state index contributed by atoms with van der Waals surface area (Å²) in [6.07, 6.45) is -0.168. The number of fused-ring (bicyclic) bond motifs is 1. The first kappa shape index (κ1) is 15.2. The number of carbonyl (C=O) groups is 1. The second kappa shape index (κ2) is 6.21. The van der Waals surface area contributed by atoms with Crippen LogP contribution in [-0.4, -0.2) is 17.1 Å². The van der Waals surface area contributed by atoms with E-state index in [-0.39, 0.29) is 12.1 Å². The van der Waals surface area contributed by atoms with Crippen LogP contribution in [0.2, 0.25) is 0 Å². The zero-order valence-electron chi connectivity index (χ0n) is 13.5. The lowest BCUT2D eigenvalue weighted by Gasteiger charge is -2.12. The largest absolute Gasteiger partial charge is 0.458 e. The molecular weight excluding hydrogens is 286 g/mol. The number of aryl methyl sites for hydroxylation is 1. The molecule has 0 unspecified atom stereocenters. The quantitative estimate of drug-likeness (QED) is 0.654. The van der Waals surface area contributed by atoms with Gasteiger partial charge in [-0.2, -0.15) is 0 Å². The number of benzene rings is 2. The molecule has 23 heavy (non-hydrogen) atoms. The molecule has 0 radical (unpaired) electrons. The van der Waals surface area contributed by atoms with Crippen molar-refractivity contribution < 1.29 is 9.53 Å². The zero-order valence-corrected chi connectivity index (χ0v) is 13.5. The third kappa shape index (κ3) is 3.24. The Morgan fingerprint density at radius 3 is 2.48 bits per heavy atom. The summed E-state index contributed by atoms with van der Waals surface area (Å²) in [5.74, 6) is -0.389. The fourth-order valence-electron chi connectivity index (χ4n) is 2.58. The summed E-state index contributed by atoms with van der Waals surface area (Å²) in [6, 6.07) is 17.9. The highest BCUT2D eigenvalue weighted by molar-refractivity contribution is 5.99. The fraction of sp³-hybridized carbons (Fsp3) is 0.200. The molecule has 0 bridgehead atoms. The Labute approximate surface area is 135 Å². The average Bonchev–Trinajstić information content (AvgIpc) is 2.54. The van der Waals surface area contributed by atoms with Crippen molar-refractivity contribution in [3.8, 4) is 11.1 Å². The predicted molar refractivity (Wildman–Crippen MR) is 92.5 cm³/mol.